The lowest BCUT2D eigenvalue weighted by atomic mass is 9.71. The molecule has 0 amide bonds. The number of hydrogen-bond acceptors (Lipinski definition) is 2. The summed E-state index contributed by atoms with van der Waals surface area (Å²) in [7, 11) is 0. The Balaban J connectivity index is 2.71. The van der Waals surface area contributed by atoms with Gasteiger partial charge in [0.25, 0.3) is 0 Å². The first kappa shape index (κ1) is 10.5. The van der Waals surface area contributed by atoms with Gasteiger partial charge in [-0.3, -0.25) is 4.79 Å². The zero-order valence-electron chi connectivity index (χ0n) is 8.25. The van der Waals surface area contributed by atoms with Gasteiger partial charge in [0.15, 0.2) is 0 Å². The van der Waals surface area contributed by atoms with Crippen LogP contribution in [0.3, 0.4) is 0 Å². The van der Waals surface area contributed by atoms with E-state index in [0.717, 1.165) is 32.1 Å². The van der Waals surface area contributed by atoms with E-state index in [-0.39, 0.29) is 5.92 Å². The fourth-order valence-corrected chi connectivity index (χ4v) is 2.30. The normalized spacial score (nSPS) is 34.5. The van der Waals surface area contributed by atoms with E-state index < -0.39 is 11.5 Å². The van der Waals surface area contributed by atoms with E-state index in [0.29, 0.717) is 6.42 Å². The van der Waals surface area contributed by atoms with Crippen LogP contribution < -0.4 is 5.73 Å². The summed E-state index contributed by atoms with van der Waals surface area (Å²) >= 11 is 0. The first-order valence-corrected chi connectivity index (χ1v) is 5.13. The summed E-state index contributed by atoms with van der Waals surface area (Å²) in [4.78, 5) is 11.0. The zero-order chi connectivity index (χ0) is 9.90. The highest BCUT2D eigenvalue weighted by molar-refractivity contribution is 5.79. The van der Waals surface area contributed by atoms with Crippen LogP contribution in [0.5, 0.6) is 0 Å². The molecule has 1 rings (SSSR count). The smallest absolute Gasteiger partial charge is 0.323 e. The van der Waals surface area contributed by atoms with E-state index in [2.05, 4.69) is 6.92 Å². The minimum atomic E-state index is -0.936. The Labute approximate surface area is 79.3 Å². The molecule has 0 aromatic rings. The second-order valence-electron chi connectivity index (χ2n) is 4.08. The predicted octanol–water partition coefficient (Wildman–Crippen LogP) is 1.76. The van der Waals surface area contributed by atoms with Gasteiger partial charge in [-0.25, -0.2) is 0 Å². The summed E-state index contributed by atoms with van der Waals surface area (Å²) in [6.07, 6.45) is 5.70. The predicted molar refractivity (Wildman–Crippen MR) is 51.4 cm³/mol. The van der Waals surface area contributed by atoms with Crippen LogP contribution in [-0.2, 0) is 4.79 Å². The molecule has 1 aliphatic rings. The lowest BCUT2D eigenvalue weighted by Gasteiger charge is -2.37. The van der Waals surface area contributed by atoms with Crippen LogP contribution in [0.25, 0.3) is 0 Å². The number of carboxylic acid groups (broad SMARTS) is 1. The third-order valence-corrected chi connectivity index (χ3v) is 3.16. The highest BCUT2D eigenvalue weighted by Gasteiger charge is 2.42. The van der Waals surface area contributed by atoms with Gasteiger partial charge in [-0.05, 0) is 25.2 Å². The molecule has 2 unspecified atom stereocenters. The molecule has 0 saturated heterocycles. The van der Waals surface area contributed by atoms with Crippen molar-refractivity contribution in [3.63, 3.8) is 0 Å². The van der Waals surface area contributed by atoms with Crippen molar-refractivity contribution in [2.45, 2.75) is 51.0 Å². The van der Waals surface area contributed by atoms with Gasteiger partial charge in [-0.2, -0.15) is 0 Å². The van der Waals surface area contributed by atoms with Crippen molar-refractivity contribution >= 4 is 5.97 Å². The molecule has 0 bridgehead atoms. The van der Waals surface area contributed by atoms with Crippen molar-refractivity contribution in [2.75, 3.05) is 0 Å². The van der Waals surface area contributed by atoms with Crippen molar-refractivity contribution < 1.29 is 9.90 Å². The van der Waals surface area contributed by atoms with Crippen molar-refractivity contribution in [3.05, 3.63) is 0 Å². The molecule has 0 radical (unpaired) electrons. The minimum Gasteiger partial charge on any atom is -0.480 e. The van der Waals surface area contributed by atoms with Crippen LogP contribution in [0, 0.1) is 5.92 Å². The van der Waals surface area contributed by atoms with Gasteiger partial charge >= 0.3 is 5.97 Å². The van der Waals surface area contributed by atoms with Crippen LogP contribution in [0.1, 0.15) is 45.4 Å². The maximum absolute atomic E-state index is 11.0. The average Bonchev–Trinajstić information content (AvgIpc) is 2.09. The maximum atomic E-state index is 11.0. The van der Waals surface area contributed by atoms with Crippen molar-refractivity contribution in [2.24, 2.45) is 11.7 Å². The SMILES string of the molecule is CCCC1CCCCC1(N)C(=O)O. The summed E-state index contributed by atoms with van der Waals surface area (Å²) in [6, 6.07) is 0. The molecule has 3 N–H and O–H groups in total. The lowest BCUT2D eigenvalue weighted by molar-refractivity contribution is -0.147. The summed E-state index contributed by atoms with van der Waals surface area (Å²) in [5.41, 5.74) is 5.00. The monoisotopic (exact) mass is 185 g/mol. The zero-order valence-corrected chi connectivity index (χ0v) is 8.25. The quantitative estimate of drug-likeness (QED) is 0.704. The van der Waals surface area contributed by atoms with E-state index in [1.807, 2.05) is 0 Å². The Kier molecular flexibility index (Phi) is 3.31. The van der Waals surface area contributed by atoms with Gasteiger partial charge in [-0.1, -0.05) is 26.2 Å². The van der Waals surface area contributed by atoms with E-state index in [9.17, 15) is 4.79 Å². The summed E-state index contributed by atoms with van der Waals surface area (Å²) in [6.45, 7) is 2.08. The Morgan fingerprint density at radius 3 is 2.85 bits per heavy atom. The lowest BCUT2D eigenvalue weighted by Crippen LogP contribution is -2.55. The summed E-state index contributed by atoms with van der Waals surface area (Å²) in [5, 5.41) is 9.07. The molecule has 76 valence electrons. The van der Waals surface area contributed by atoms with Gasteiger partial charge < -0.3 is 10.8 Å². The largest absolute Gasteiger partial charge is 0.480 e. The Bertz CT molecular complexity index is 191. The molecular formula is C10H19NO2. The average molecular weight is 185 g/mol. The van der Waals surface area contributed by atoms with Gasteiger partial charge in [-0.15, -0.1) is 0 Å². The molecule has 1 aliphatic carbocycles. The molecule has 0 spiro atoms. The number of aliphatic carboxylic acids is 1. The molecule has 1 fully saturated rings. The Morgan fingerprint density at radius 2 is 2.31 bits per heavy atom. The molecule has 13 heavy (non-hydrogen) atoms. The third kappa shape index (κ3) is 2.02. The van der Waals surface area contributed by atoms with Gasteiger partial charge in [0.1, 0.15) is 5.54 Å². The van der Waals surface area contributed by atoms with Crippen LogP contribution in [-0.4, -0.2) is 16.6 Å². The van der Waals surface area contributed by atoms with Crippen molar-refractivity contribution in [1.29, 1.82) is 0 Å². The van der Waals surface area contributed by atoms with Crippen LogP contribution in [0.15, 0.2) is 0 Å². The standard InChI is InChI=1S/C10H19NO2/c1-2-5-8-6-3-4-7-10(8,11)9(12)13/h8H,2-7,11H2,1H3,(H,12,13). The topological polar surface area (TPSA) is 63.3 Å². The number of nitrogens with two attached hydrogens (primary N) is 1. The van der Waals surface area contributed by atoms with Crippen LogP contribution in [0.4, 0.5) is 0 Å². The van der Waals surface area contributed by atoms with Crippen LogP contribution >= 0.6 is 0 Å². The summed E-state index contributed by atoms with van der Waals surface area (Å²) in [5.74, 6) is -0.630. The molecule has 0 aliphatic heterocycles. The molecule has 2 atom stereocenters. The molecule has 3 heteroatoms. The second-order valence-corrected chi connectivity index (χ2v) is 4.08. The Hall–Kier alpha value is -0.570. The first-order chi connectivity index (χ1) is 6.11. The number of hydrogen-bond donors (Lipinski definition) is 2. The van der Waals surface area contributed by atoms with Crippen LogP contribution in [0.2, 0.25) is 0 Å². The number of carbonyl (C=O) groups is 1. The van der Waals surface area contributed by atoms with E-state index in [1.54, 1.807) is 0 Å². The second kappa shape index (κ2) is 4.09. The molecule has 1 saturated carbocycles. The molecule has 0 aromatic carbocycles. The summed E-state index contributed by atoms with van der Waals surface area (Å²) < 4.78 is 0. The minimum absolute atomic E-state index is 0.184. The highest BCUT2D eigenvalue weighted by atomic mass is 16.4. The third-order valence-electron chi connectivity index (χ3n) is 3.16. The molecule has 0 aromatic heterocycles. The van der Waals surface area contributed by atoms with Crippen molar-refractivity contribution in [3.8, 4) is 0 Å². The maximum Gasteiger partial charge on any atom is 0.323 e. The number of carboxylic acids is 1. The Morgan fingerprint density at radius 1 is 1.62 bits per heavy atom. The van der Waals surface area contributed by atoms with Gasteiger partial charge in [0.05, 0.1) is 0 Å². The fourth-order valence-electron chi connectivity index (χ4n) is 2.30. The van der Waals surface area contributed by atoms with E-state index >= 15 is 0 Å². The fraction of sp³-hybridized carbons (Fsp3) is 0.900. The highest BCUT2D eigenvalue weighted by Crippen LogP contribution is 2.35. The number of rotatable bonds is 3. The molecule has 0 heterocycles. The van der Waals surface area contributed by atoms with Gasteiger partial charge in [0, 0.05) is 0 Å². The van der Waals surface area contributed by atoms with Gasteiger partial charge in [0.2, 0.25) is 0 Å². The molecule has 3 nitrogen and oxygen atoms in total. The van der Waals surface area contributed by atoms with E-state index in [1.165, 1.54) is 0 Å². The van der Waals surface area contributed by atoms with E-state index in [4.69, 9.17) is 10.8 Å². The molecular weight excluding hydrogens is 166 g/mol. The first-order valence-electron chi connectivity index (χ1n) is 5.13. The van der Waals surface area contributed by atoms with Crippen molar-refractivity contribution in [1.82, 2.24) is 0 Å².